The number of hydrogen-bond acceptors (Lipinski definition) is 5. The SMILES string of the molecule is COC(=O)CCC(N)Cc1ccc(O)c(OC)c1. The van der Waals surface area contributed by atoms with Gasteiger partial charge in [-0.15, -0.1) is 0 Å². The standard InChI is InChI=1S/C13H19NO4/c1-17-12-8-9(3-5-11(12)15)7-10(14)4-6-13(16)18-2/h3,5,8,10,15H,4,6-7,14H2,1-2H3. The van der Waals surface area contributed by atoms with E-state index in [0.717, 1.165) is 5.56 Å². The number of benzene rings is 1. The summed E-state index contributed by atoms with van der Waals surface area (Å²) in [5.41, 5.74) is 6.89. The Labute approximate surface area is 107 Å². The Morgan fingerprint density at radius 2 is 2.17 bits per heavy atom. The molecule has 0 fully saturated rings. The largest absolute Gasteiger partial charge is 0.504 e. The van der Waals surface area contributed by atoms with Gasteiger partial charge in [0.1, 0.15) is 0 Å². The fourth-order valence-corrected chi connectivity index (χ4v) is 1.66. The van der Waals surface area contributed by atoms with Gasteiger partial charge >= 0.3 is 5.97 Å². The summed E-state index contributed by atoms with van der Waals surface area (Å²) in [5, 5.41) is 9.46. The Bertz CT molecular complexity index is 406. The van der Waals surface area contributed by atoms with Crippen LogP contribution in [0.5, 0.6) is 11.5 Å². The first-order chi connectivity index (χ1) is 8.56. The molecule has 5 nitrogen and oxygen atoms in total. The minimum Gasteiger partial charge on any atom is -0.504 e. The minimum atomic E-state index is -0.256. The first kappa shape index (κ1) is 14.3. The molecular weight excluding hydrogens is 234 g/mol. The molecule has 0 aliphatic heterocycles. The molecule has 18 heavy (non-hydrogen) atoms. The molecule has 0 spiro atoms. The van der Waals surface area contributed by atoms with Crippen LogP contribution in [0, 0.1) is 0 Å². The lowest BCUT2D eigenvalue weighted by atomic mass is 10.0. The van der Waals surface area contributed by atoms with E-state index >= 15 is 0 Å². The second kappa shape index (κ2) is 6.86. The summed E-state index contributed by atoms with van der Waals surface area (Å²) < 4.78 is 9.57. The maximum Gasteiger partial charge on any atom is 0.305 e. The van der Waals surface area contributed by atoms with Crippen molar-refractivity contribution in [1.29, 1.82) is 0 Å². The molecule has 1 atom stereocenters. The predicted molar refractivity (Wildman–Crippen MR) is 67.6 cm³/mol. The van der Waals surface area contributed by atoms with Gasteiger partial charge in [0.05, 0.1) is 14.2 Å². The molecule has 0 aliphatic carbocycles. The predicted octanol–water partition coefficient (Wildman–Crippen LogP) is 1.22. The highest BCUT2D eigenvalue weighted by Crippen LogP contribution is 2.26. The molecule has 100 valence electrons. The number of ether oxygens (including phenoxy) is 2. The Morgan fingerprint density at radius 3 is 2.78 bits per heavy atom. The van der Waals surface area contributed by atoms with E-state index < -0.39 is 0 Å². The molecule has 1 unspecified atom stereocenters. The number of nitrogens with two attached hydrogens (primary N) is 1. The second-order valence-electron chi connectivity index (χ2n) is 4.09. The van der Waals surface area contributed by atoms with Crippen LogP contribution in [0.15, 0.2) is 18.2 Å². The highest BCUT2D eigenvalue weighted by Gasteiger charge is 2.10. The van der Waals surface area contributed by atoms with Gasteiger partial charge < -0.3 is 20.3 Å². The zero-order valence-corrected chi connectivity index (χ0v) is 10.7. The third-order valence-corrected chi connectivity index (χ3v) is 2.69. The van der Waals surface area contributed by atoms with Crippen molar-refractivity contribution in [2.24, 2.45) is 5.73 Å². The zero-order chi connectivity index (χ0) is 13.5. The van der Waals surface area contributed by atoms with Crippen molar-refractivity contribution in [3.05, 3.63) is 23.8 Å². The second-order valence-corrected chi connectivity index (χ2v) is 4.09. The van der Waals surface area contributed by atoms with E-state index in [-0.39, 0.29) is 17.8 Å². The Morgan fingerprint density at radius 1 is 1.44 bits per heavy atom. The number of carbonyl (C=O) groups is 1. The summed E-state index contributed by atoms with van der Waals surface area (Å²) in [7, 11) is 2.86. The molecule has 0 saturated heterocycles. The average Bonchev–Trinajstić information content (AvgIpc) is 2.38. The highest BCUT2D eigenvalue weighted by atomic mass is 16.5. The van der Waals surface area contributed by atoms with E-state index in [1.165, 1.54) is 14.2 Å². The third-order valence-electron chi connectivity index (χ3n) is 2.69. The Hall–Kier alpha value is -1.75. The average molecular weight is 253 g/mol. The molecule has 0 amide bonds. The summed E-state index contributed by atoms with van der Waals surface area (Å²) in [6, 6.07) is 4.98. The Kier molecular flexibility index (Phi) is 5.45. The summed E-state index contributed by atoms with van der Waals surface area (Å²) in [6.45, 7) is 0. The number of aromatic hydroxyl groups is 1. The van der Waals surface area contributed by atoms with Crippen LogP contribution in [0.4, 0.5) is 0 Å². The molecule has 0 bridgehead atoms. The van der Waals surface area contributed by atoms with E-state index in [1.807, 2.05) is 0 Å². The fourth-order valence-electron chi connectivity index (χ4n) is 1.66. The van der Waals surface area contributed by atoms with Crippen LogP contribution in [0.1, 0.15) is 18.4 Å². The van der Waals surface area contributed by atoms with E-state index in [0.29, 0.717) is 25.0 Å². The summed E-state index contributed by atoms with van der Waals surface area (Å²) >= 11 is 0. The van der Waals surface area contributed by atoms with Gasteiger partial charge in [0.15, 0.2) is 11.5 Å². The molecule has 3 N–H and O–H groups in total. The van der Waals surface area contributed by atoms with E-state index in [4.69, 9.17) is 10.5 Å². The molecule has 5 heteroatoms. The molecule has 0 saturated carbocycles. The molecule has 0 heterocycles. The van der Waals surface area contributed by atoms with Gasteiger partial charge in [0, 0.05) is 12.5 Å². The van der Waals surface area contributed by atoms with E-state index in [1.54, 1.807) is 18.2 Å². The lowest BCUT2D eigenvalue weighted by Crippen LogP contribution is -2.24. The molecule has 0 aliphatic rings. The van der Waals surface area contributed by atoms with Crippen LogP contribution in [0.25, 0.3) is 0 Å². The van der Waals surface area contributed by atoms with E-state index in [9.17, 15) is 9.90 Å². The summed E-state index contributed by atoms with van der Waals surface area (Å²) in [6.07, 6.45) is 1.50. The number of hydrogen-bond donors (Lipinski definition) is 2. The molecule has 1 aromatic carbocycles. The maximum absolute atomic E-state index is 11.0. The number of rotatable bonds is 6. The monoisotopic (exact) mass is 253 g/mol. The zero-order valence-electron chi connectivity index (χ0n) is 10.7. The van der Waals surface area contributed by atoms with Crippen LogP contribution in [0.3, 0.4) is 0 Å². The molecule has 1 aromatic rings. The van der Waals surface area contributed by atoms with Crippen molar-refractivity contribution in [3.8, 4) is 11.5 Å². The summed E-state index contributed by atoms with van der Waals surface area (Å²) in [5.74, 6) is 0.269. The van der Waals surface area contributed by atoms with Crippen molar-refractivity contribution >= 4 is 5.97 Å². The number of esters is 1. The number of methoxy groups -OCH3 is 2. The van der Waals surface area contributed by atoms with Gasteiger partial charge in [-0.25, -0.2) is 0 Å². The van der Waals surface area contributed by atoms with Crippen LogP contribution < -0.4 is 10.5 Å². The number of carbonyl (C=O) groups excluding carboxylic acids is 1. The van der Waals surface area contributed by atoms with E-state index in [2.05, 4.69) is 4.74 Å². The quantitative estimate of drug-likeness (QED) is 0.745. The molecule has 0 radical (unpaired) electrons. The number of phenols is 1. The molecule has 1 rings (SSSR count). The fraction of sp³-hybridized carbons (Fsp3) is 0.462. The minimum absolute atomic E-state index is 0.101. The van der Waals surface area contributed by atoms with Gasteiger partial charge in [0.25, 0.3) is 0 Å². The van der Waals surface area contributed by atoms with Crippen LogP contribution in [-0.2, 0) is 16.0 Å². The van der Waals surface area contributed by atoms with Gasteiger partial charge in [-0.1, -0.05) is 6.07 Å². The van der Waals surface area contributed by atoms with Crippen LogP contribution in [-0.4, -0.2) is 31.3 Å². The first-order valence-electron chi connectivity index (χ1n) is 5.75. The number of phenolic OH excluding ortho intramolecular Hbond substituents is 1. The highest BCUT2D eigenvalue weighted by molar-refractivity contribution is 5.69. The maximum atomic E-state index is 11.0. The summed E-state index contributed by atoms with van der Waals surface area (Å²) in [4.78, 5) is 11.0. The van der Waals surface area contributed by atoms with Crippen molar-refractivity contribution < 1.29 is 19.4 Å². The van der Waals surface area contributed by atoms with Crippen molar-refractivity contribution in [2.75, 3.05) is 14.2 Å². The first-order valence-corrected chi connectivity index (χ1v) is 5.75. The lowest BCUT2D eigenvalue weighted by molar-refractivity contribution is -0.140. The normalized spacial score (nSPS) is 11.9. The Balaban J connectivity index is 2.53. The molecule has 0 aromatic heterocycles. The van der Waals surface area contributed by atoms with Crippen molar-refractivity contribution in [2.45, 2.75) is 25.3 Å². The topological polar surface area (TPSA) is 81.8 Å². The van der Waals surface area contributed by atoms with Gasteiger partial charge in [-0.2, -0.15) is 0 Å². The van der Waals surface area contributed by atoms with Crippen molar-refractivity contribution in [3.63, 3.8) is 0 Å². The lowest BCUT2D eigenvalue weighted by Gasteiger charge is -2.12. The van der Waals surface area contributed by atoms with Gasteiger partial charge in [-0.05, 0) is 30.5 Å². The van der Waals surface area contributed by atoms with Crippen molar-refractivity contribution in [1.82, 2.24) is 0 Å². The molecular formula is C13H19NO4. The van der Waals surface area contributed by atoms with Gasteiger partial charge in [-0.3, -0.25) is 4.79 Å². The van der Waals surface area contributed by atoms with Gasteiger partial charge in [0.2, 0.25) is 0 Å². The van der Waals surface area contributed by atoms with Crippen LogP contribution in [0.2, 0.25) is 0 Å². The van der Waals surface area contributed by atoms with Crippen LogP contribution >= 0.6 is 0 Å². The third kappa shape index (κ3) is 4.25. The smallest absolute Gasteiger partial charge is 0.305 e.